The minimum Gasteiger partial charge on any atom is -0.479 e. The molecule has 2 aliphatic carbocycles. The maximum Gasteiger partial charge on any atom is 0.330 e. The van der Waals surface area contributed by atoms with Gasteiger partial charge in [-0.25, -0.2) is 18.0 Å². The van der Waals surface area contributed by atoms with Gasteiger partial charge in [-0.1, -0.05) is 51.2 Å². The summed E-state index contributed by atoms with van der Waals surface area (Å²) < 4.78 is 25.0. The number of nitrogens with zero attached hydrogens (tertiary/aromatic N) is 1. The maximum absolute atomic E-state index is 13.2. The van der Waals surface area contributed by atoms with Crippen molar-refractivity contribution < 1.29 is 32.7 Å². The SMILES string of the molecule is CCCCC/C=C\C1C[C@]1(NC(=O)[C@@H]1CCCN1C(=O)CNC(=O)NC1(CS(=O)(=O)C(C)(C)C)CCCCC1)C(=O)O. The second-order valence-electron chi connectivity index (χ2n) is 13.3. The third kappa shape index (κ3) is 8.26. The summed E-state index contributed by atoms with van der Waals surface area (Å²) in [6, 6.07) is -1.43. The molecular formula is C30H50N4O7S. The Morgan fingerprint density at radius 2 is 1.71 bits per heavy atom. The zero-order valence-corrected chi connectivity index (χ0v) is 26.5. The number of carboxylic acids is 1. The number of urea groups is 1. The molecule has 3 atom stereocenters. The van der Waals surface area contributed by atoms with Crippen LogP contribution in [0.15, 0.2) is 12.2 Å². The molecule has 1 unspecified atom stereocenters. The number of likely N-dealkylation sites (tertiary alicyclic amines) is 1. The molecule has 1 heterocycles. The van der Waals surface area contributed by atoms with Crippen LogP contribution in [0.1, 0.15) is 105 Å². The molecule has 0 spiro atoms. The van der Waals surface area contributed by atoms with E-state index in [1.807, 2.05) is 12.2 Å². The number of carbonyl (C=O) groups is 4. The van der Waals surface area contributed by atoms with E-state index in [-0.39, 0.29) is 18.2 Å². The molecule has 0 aromatic rings. The van der Waals surface area contributed by atoms with Crippen molar-refractivity contribution in [1.29, 1.82) is 0 Å². The zero-order valence-electron chi connectivity index (χ0n) is 25.7. The van der Waals surface area contributed by atoms with E-state index in [1.54, 1.807) is 20.8 Å². The monoisotopic (exact) mass is 610 g/mol. The van der Waals surface area contributed by atoms with Crippen molar-refractivity contribution in [3.63, 3.8) is 0 Å². The lowest BCUT2D eigenvalue weighted by Crippen LogP contribution is -2.59. The number of carbonyl (C=O) groups excluding carboxylic acids is 3. The van der Waals surface area contributed by atoms with Crippen LogP contribution in [0.3, 0.4) is 0 Å². The lowest BCUT2D eigenvalue weighted by atomic mass is 9.83. The Kier molecular flexibility index (Phi) is 11.1. The molecule has 12 heteroatoms. The minimum absolute atomic E-state index is 0.167. The molecule has 3 fully saturated rings. The summed E-state index contributed by atoms with van der Waals surface area (Å²) in [5, 5.41) is 18.0. The number of sulfone groups is 1. The molecule has 3 aliphatic rings. The average molecular weight is 611 g/mol. The van der Waals surface area contributed by atoms with Crippen LogP contribution in [-0.2, 0) is 24.2 Å². The van der Waals surface area contributed by atoms with E-state index in [2.05, 4.69) is 22.9 Å². The van der Waals surface area contributed by atoms with E-state index < -0.39 is 55.5 Å². The van der Waals surface area contributed by atoms with E-state index in [0.717, 1.165) is 44.9 Å². The van der Waals surface area contributed by atoms with E-state index in [4.69, 9.17) is 0 Å². The number of unbranched alkanes of at least 4 members (excludes halogenated alkanes) is 3. The molecule has 238 valence electrons. The first kappa shape index (κ1) is 33.9. The van der Waals surface area contributed by atoms with Crippen molar-refractivity contribution in [3.8, 4) is 0 Å². The fraction of sp³-hybridized carbons (Fsp3) is 0.800. The standard InChI is InChI=1S/C30H50N4O7S/c1-5-6-7-8-10-14-22-19-30(22,26(37)38)32-25(36)23-15-13-18-34(23)24(35)20-31-27(39)33-29(16-11-9-12-17-29)21-42(40,41)28(2,3)4/h10,14,22-23H,5-9,11-13,15-21H2,1-4H3,(H,32,36)(H,37,38)(H2,31,33,39)/b14-10-/t22?,23-,30+/m0/s1. The van der Waals surface area contributed by atoms with Gasteiger partial charge in [-0.3, -0.25) is 9.59 Å². The number of nitrogens with one attached hydrogen (secondary N) is 3. The lowest BCUT2D eigenvalue weighted by Gasteiger charge is -2.39. The maximum atomic E-state index is 13.2. The van der Waals surface area contributed by atoms with Gasteiger partial charge in [-0.2, -0.15) is 0 Å². The topological polar surface area (TPSA) is 162 Å². The van der Waals surface area contributed by atoms with Gasteiger partial charge in [-0.15, -0.1) is 0 Å². The second-order valence-corrected chi connectivity index (χ2v) is 16.0. The van der Waals surface area contributed by atoms with Crippen molar-refractivity contribution in [2.45, 2.75) is 127 Å². The number of amides is 4. The molecule has 0 bridgehead atoms. The van der Waals surface area contributed by atoms with Crippen molar-refractivity contribution in [2.75, 3.05) is 18.8 Å². The summed E-state index contributed by atoms with van der Waals surface area (Å²) >= 11 is 0. The molecule has 0 aromatic carbocycles. The Bertz CT molecular complexity index is 1140. The molecule has 0 aromatic heterocycles. The summed E-state index contributed by atoms with van der Waals surface area (Å²) in [6.45, 7) is 7.03. The predicted molar refractivity (Wildman–Crippen MR) is 161 cm³/mol. The van der Waals surface area contributed by atoms with Gasteiger partial charge in [0.1, 0.15) is 11.6 Å². The van der Waals surface area contributed by atoms with Crippen LogP contribution in [0.5, 0.6) is 0 Å². The molecule has 4 amide bonds. The number of aliphatic carboxylic acids is 1. The van der Waals surface area contributed by atoms with Crippen LogP contribution in [0, 0.1) is 5.92 Å². The summed E-state index contributed by atoms with van der Waals surface area (Å²) in [6.07, 6.45) is 12.9. The number of rotatable bonds is 13. The van der Waals surface area contributed by atoms with Gasteiger partial charge in [0.15, 0.2) is 9.84 Å². The summed E-state index contributed by atoms with van der Waals surface area (Å²) in [5.41, 5.74) is -2.25. The first-order chi connectivity index (χ1) is 19.7. The van der Waals surface area contributed by atoms with Gasteiger partial charge in [0, 0.05) is 12.5 Å². The van der Waals surface area contributed by atoms with Gasteiger partial charge >= 0.3 is 12.0 Å². The van der Waals surface area contributed by atoms with Gasteiger partial charge in [0.05, 0.1) is 22.6 Å². The average Bonchev–Trinajstić information content (AvgIpc) is 3.36. The smallest absolute Gasteiger partial charge is 0.330 e. The fourth-order valence-electron chi connectivity index (χ4n) is 6.03. The van der Waals surface area contributed by atoms with Gasteiger partial charge in [0.25, 0.3) is 0 Å². The van der Waals surface area contributed by atoms with Crippen molar-refractivity contribution >= 4 is 33.7 Å². The highest BCUT2D eigenvalue weighted by Crippen LogP contribution is 2.45. The summed E-state index contributed by atoms with van der Waals surface area (Å²) in [5.74, 6) is -2.48. The van der Waals surface area contributed by atoms with Gasteiger partial charge in [0.2, 0.25) is 11.8 Å². The first-order valence-electron chi connectivity index (χ1n) is 15.5. The Morgan fingerprint density at radius 3 is 2.33 bits per heavy atom. The third-order valence-corrected chi connectivity index (χ3v) is 11.7. The molecule has 1 aliphatic heterocycles. The summed E-state index contributed by atoms with van der Waals surface area (Å²) in [4.78, 5) is 52.6. The molecular weight excluding hydrogens is 560 g/mol. The molecule has 42 heavy (non-hydrogen) atoms. The minimum atomic E-state index is -3.50. The normalized spacial score (nSPS) is 25.7. The number of carboxylic acid groups (broad SMARTS) is 1. The largest absolute Gasteiger partial charge is 0.479 e. The quantitative estimate of drug-likeness (QED) is 0.184. The Morgan fingerprint density at radius 1 is 1.02 bits per heavy atom. The van der Waals surface area contributed by atoms with Crippen LogP contribution < -0.4 is 16.0 Å². The number of hydrogen-bond donors (Lipinski definition) is 4. The molecule has 4 N–H and O–H groups in total. The third-order valence-electron chi connectivity index (χ3n) is 8.95. The summed E-state index contributed by atoms with van der Waals surface area (Å²) in [7, 11) is -3.50. The Hall–Kier alpha value is -2.63. The number of allylic oxidation sites excluding steroid dienone is 1. The highest BCUT2D eigenvalue weighted by Gasteiger charge is 2.61. The fourth-order valence-corrected chi connectivity index (χ4v) is 7.56. The van der Waals surface area contributed by atoms with Crippen LogP contribution >= 0.6 is 0 Å². The highest BCUT2D eigenvalue weighted by molar-refractivity contribution is 7.92. The van der Waals surface area contributed by atoms with Crippen molar-refractivity contribution in [3.05, 3.63) is 12.2 Å². The van der Waals surface area contributed by atoms with Crippen LogP contribution in [0.2, 0.25) is 0 Å². The second kappa shape index (κ2) is 13.8. The van der Waals surface area contributed by atoms with E-state index >= 15 is 0 Å². The Balaban J connectivity index is 1.56. The molecule has 0 radical (unpaired) electrons. The van der Waals surface area contributed by atoms with E-state index in [1.165, 1.54) is 4.90 Å². The molecule has 2 saturated carbocycles. The number of hydrogen-bond acceptors (Lipinski definition) is 6. The zero-order chi connectivity index (χ0) is 31.2. The van der Waals surface area contributed by atoms with Crippen molar-refractivity contribution in [2.24, 2.45) is 5.92 Å². The lowest BCUT2D eigenvalue weighted by molar-refractivity contribution is -0.145. The van der Waals surface area contributed by atoms with Crippen molar-refractivity contribution in [1.82, 2.24) is 20.9 Å². The van der Waals surface area contributed by atoms with Gasteiger partial charge in [-0.05, 0) is 65.7 Å². The predicted octanol–water partition coefficient (Wildman–Crippen LogP) is 3.29. The first-order valence-corrected chi connectivity index (χ1v) is 17.1. The molecule has 3 rings (SSSR count). The van der Waals surface area contributed by atoms with Crippen LogP contribution in [0.4, 0.5) is 4.79 Å². The van der Waals surface area contributed by atoms with E-state index in [9.17, 15) is 32.7 Å². The Labute approximate surface area is 250 Å². The molecule has 1 saturated heterocycles. The van der Waals surface area contributed by atoms with Crippen LogP contribution in [0.25, 0.3) is 0 Å². The van der Waals surface area contributed by atoms with Crippen LogP contribution in [-0.4, -0.2) is 82.9 Å². The highest BCUT2D eigenvalue weighted by atomic mass is 32.2. The van der Waals surface area contributed by atoms with E-state index in [0.29, 0.717) is 38.6 Å². The van der Waals surface area contributed by atoms with Gasteiger partial charge < -0.3 is 26.0 Å². The molecule has 11 nitrogen and oxygen atoms in total.